The molecule has 1 heteroatoms. The molecule has 72 valence electrons. The minimum Gasteiger partial charge on any atom is -0.299 e. The van der Waals surface area contributed by atoms with E-state index in [4.69, 9.17) is 0 Å². The molecule has 0 aromatic rings. The van der Waals surface area contributed by atoms with Gasteiger partial charge in [-0.3, -0.25) is 4.79 Å². The summed E-state index contributed by atoms with van der Waals surface area (Å²) in [5.41, 5.74) is 1.75. The molecular weight excluding hydrogens is 160 g/mol. The van der Waals surface area contributed by atoms with Crippen LogP contribution in [0.25, 0.3) is 0 Å². The standard InChI is InChI=1S/C12H18O/c1-8-6-10-9(2)11(13)4-5-12(10,3)7-8/h9-10H,1,4-7H2,2-3H3. The smallest absolute Gasteiger partial charge is 0.136 e. The van der Waals surface area contributed by atoms with E-state index < -0.39 is 0 Å². The van der Waals surface area contributed by atoms with Crippen LogP contribution in [0.2, 0.25) is 0 Å². The van der Waals surface area contributed by atoms with Crippen LogP contribution in [0.3, 0.4) is 0 Å². The molecule has 0 radical (unpaired) electrons. The summed E-state index contributed by atoms with van der Waals surface area (Å²) in [4.78, 5) is 11.6. The Balaban J connectivity index is 2.28. The lowest BCUT2D eigenvalue weighted by Gasteiger charge is -2.39. The molecule has 0 amide bonds. The highest BCUT2D eigenvalue weighted by molar-refractivity contribution is 5.82. The molecule has 0 aromatic heterocycles. The van der Waals surface area contributed by atoms with Crippen molar-refractivity contribution in [1.29, 1.82) is 0 Å². The summed E-state index contributed by atoms with van der Waals surface area (Å²) in [5.74, 6) is 1.33. The normalized spacial score (nSPS) is 45.1. The first kappa shape index (κ1) is 8.98. The van der Waals surface area contributed by atoms with Crippen molar-refractivity contribution in [3.8, 4) is 0 Å². The maximum Gasteiger partial charge on any atom is 0.136 e. The van der Waals surface area contributed by atoms with E-state index >= 15 is 0 Å². The van der Waals surface area contributed by atoms with Crippen molar-refractivity contribution >= 4 is 5.78 Å². The second-order valence-electron chi connectivity index (χ2n) is 5.15. The minimum absolute atomic E-state index is 0.276. The van der Waals surface area contributed by atoms with Crippen molar-refractivity contribution in [3.63, 3.8) is 0 Å². The van der Waals surface area contributed by atoms with Crippen LogP contribution in [0.4, 0.5) is 0 Å². The Bertz CT molecular complexity index is 266. The fourth-order valence-corrected chi connectivity index (χ4v) is 3.25. The van der Waals surface area contributed by atoms with Gasteiger partial charge in [0.1, 0.15) is 5.78 Å². The Hall–Kier alpha value is -0.590. The number of hydrogen-bond donors (Lipinski definition) is 0. The van der Waals surface area contributed by atoms with Crippen LogP contribution in [-0.4, -0.2) is 5.78 Å². The first-order valence-electron chi connectivity index (χ1n) is 5.22. The zero-order chi connectivity index (χ0) is 9.64. The SMILES string of the molecule is C=C1CC2C(C)C(=O)CCC2(C)C1. The Kier molecular flexibility index (Phi) is 1.86. The van der Waals surface area contributed by atoms with E-state index in [1.165, 1.54) is 5.57 Å². The average Bonchev–Trinajstić information content (AvgIpc) is 2.36. The number of allylic oxidation sites excluding steroid dienone is 1. The molecule has 0 saturated heterocycles. The summed E-state index contributed by atoms with van der Waals surface area (Å²) in [5, 5.41) is 0. The van der Waals surface area contributed by atoms with E-state index in [9.17, 15) is 4.79 Å². The minimum atomic E-state index is 0.276. The van der Waals surface area contributed by atoms with E-state index in [0.717, 1.165) is 25.7 Å². The van der Waals surface area contributed by atoms with Crippen LogP contribution < -0.4 is 0 Å². The number of carbonyl (C=O) groups is 1. The van der Waals surface area contributed by atoms with Crippen LogP contribution in [0, 0.1) is 17.3 Å². The molecule has 2 saturated carbocycles. The molecule has 3 unspecified atom stereocenters. The highest BCUT2D eigenvalue weighted by Crippen LogP contribution is 2.54. The van der Waals surface area contributed by atoms with Gasteiger partial charge in [0.25, 0.3) is 0 Å². The molecule has 2 rings (SSSR count). The van der Waals surface area contributed by atoms with Gasteiger partial charge in [-0.15, -0.1) is 0 Å². The Morgan fingerprint density at radius 1 is 1.54 bits per heavy atom. The highest BCUT2D eigenvalue weighted by Gasteiger charge is 2.47. The molecule has 0 N–H and O–H groups in total. The second kappa shape index (κ2) is 2.70. The van der Waals surface area contributed by atoms with Crippen molar-refractivity contribution < 1.29 is 4.79 Å². The van der Waals surface area contributed by atoms with Gasteiger partial charge in [-0.05, 0) is 30.6 Å². The highest BCUT2D eigenvalue weighted by atomic mass is 16.1. The van der Waals surface area contributed by atoms with Crippen molar-refractivity contribution in [1.82, 2.24) is 0 Å². The summed E-state index contributed by atoms with van der Waals surface area (Å²) >= 11 is 0. The summed E-state index contributed by atoms with van der Waals surface area (Å²) in [6.07, 6.45) is 4.11. The van der Waals surface area contributed by atoms with Gasteiger partial charge in [0.05, 0.1) is 0 Å². The van der Waals surface area contributed by atoms with E-state index in [2.05, 4.69) is 20.4 Å². The van der Waals surface area contributed by atoms with Gasteiger partial charge >= 0.3 is 0 Å². The van der Waals surface area contributed by atoms with Gasteiger partial charge < -0.3 is 0 Å². The van der Waals surface area contributed by atoms with E-state index in [1.807, 2.05) is 0 Å². The molecular formula is C12H18O. The number of Topliss-reactive ketones (excluding diaryl/α,β-unsaturated/α-hetero) is 1. The molecule has 2 aliphatic rings. The number of hydrogen-bond acceptors (Lipinski definition) is 1. The number of rotatable bonds is 0. The molecule has 13 heavy (non-hydrogen) atoms. The van der Waals surface area contributed by atoms with Crippen molar-refractivity contribution in [2.45, 2.75) is 39.5 Å². The Morgan fingerprint density at radius 3 is 2.92 bits per heavy atom. The van der Waals surface area contributed by atoms with Crippen molar-refractivity contribution in [2.75, 3.05) is 0 Å². The number of carbonyl (C=O) groups excluding carboxylic acids is 1. The van der Waals surface area contributed by atoms with E-state index in [1.54, 1.807) is 0 Å². The lowest BCUT2D eigenvalue weighted by Crippen LogP contribution is -2.36. The molecule has 2 fully saturated rings. The maximum atomic E-state index is 11.6. The lowest BCUT2D eigenvalue weighted by atomic mass is 9.64. The molecule has 0 aromatic carbocycles. The largest absolute Gasteiger partial charge is 0.299 e. The van der Waals surface area contributed by atoms with Gasteiger partial charge in [-0.25, -0.2) is 0 Å². The average molecular weight is 178 g/mol. The summed E-state index contributed by atoms with van der Waals surface area (Å²) in [7, 11) is 0. The molecule has 2 aliphatic carbocycles. The zero-order valence-corrected chi connectivity index (χ0v) is 8.60. The summed E-state index contributed by atoms with van der Waals surface area (Å²) in [6, 6.07) is 0. The first-order valence-corrected chi connectivity index (χ1v) is 5.22. The third kappa shape index (κ3) is 1.25. The quantitative estimate of drug-likeness (QED) is 0.521. The molecule has 0 bridgehead atoms. The molecule has 0 aliphatic heterocycles. The van der Waals surface area contributed by atoms with Gasteiger partial charge in [0.2, 0.25) is 0 Å². The van der Waals surface area contributed by atoms with Crippen LogP contribution in [-0.2, 0) is 4.79 Å². The Morgan fingerprint density at radius 2 is 2.23 bits per heavy atom. The van der Waals surface area contributed by atoms with Gasteiger partial charge in [0.15, 0.2) is 0 Å². The second-order valence-corrected chi connectivity index (χ2v) is 5.15. The fourth-order valence-electron chi connectivity index (χ4n) is 3.25. The van der Waals surface area contributed by atoms with Gasteiger partial charge in [-0.1, -0.05) is 26.0 Å². The van der Waals surface area contributed by atoms with Crippen molar-refractivity contribution in [3.05, 3.63) is 12.2 Å². The lowest BCUT2D eigenvalue weighted by molar-refractivity contribution is -0.129. The molecule has 0 heterocycles. The number of fused-ring (bicyclic) bond motifs is 1. The predicted octanol–water partition coefficient (Wildman–Crippen LogP) is 2.96. The van der Waals surface area contributed by atoms with Crippen molar-refractivity contribution in [2.24, 2.45) is 17.3 Å². The van der Waals surface area contributed by atoms with Crippen LogP contribution in [0.5, 0.6) is 0 Å². The van der Waals surface area contributed by atoms with E-state index in [-0.39, 0.29) is 5.92 Å². The summed E-state index contributed by atoms with van der Waals surface area (Å²) in [6.45, 7) is 8.50. The molecule has 0 spiro atoms. The van der Waals surface area contributed by atoms with Crippen LogP contribution in [0.15, 0.2) is 12.2 Å². The zero-order valence-electron chi connectivity index (χ0n) is 8.60. The third-order valence-electron chi connectivity index (χ3n) is 4.11. The topological polar surface area (TPSA) is 17.1 Å². The Labute approximate surface area is 80.2 Å². The third-order valence-corrected chi connectivity index (χ3v) is 4.11. The predicted molar refractivity (Wildman–Crippen MR) is 53.4 cm³/mol. The first-order chi connectivity index (χ1) is 6.03. The summed E-state index contributed by atoms with van der Waals surface area (Å²) < 4.78 is 0. The van der Waals surface area contributed by atoms with Gasteiger partial charge in [-0.2, -0.15) is 0 Å². The monoisotopic (exact) mass is 178 g/mol. The number of ketones is 1. The van der Waals surface area contributed by atoms with Crippen LogP contribution in [0.1, 0.15) is 39.5 Å². The molecule has 1 nitrogen and oxygen atoms in total. The van der Waals surface area contributed by atoms with E-state index in [0.29, 0.717) is 17.1 Å². The molecule has 3 atom stereocenters. The fraction of sp³-hybridized carbons (Fsp3) is 0.750. The maximum absolute atomic E-state index is 11.6. The van der Waals surface area contributed by atoms with Gasteiger partial charge in [0, 0.05) is 12.3 Å². The van der Waals surface area contributed by atoms with Crippen LogP contribution >= 0.6 is 0 Å².